The zero-order valence-electron chi connectivity index (χ0n) is 10.3. The molecule has 2 rings (SSSR count). The molecule has 1 unspecified atom stereocenters. The minimum atomic E-state index is -0.396. The summed E-state index contributed by atoms with van der Waals surface area (Å²) in [4.78, 5) is 12.2. The number of piperidine rings is 1. The number of rotatable bonds is 3. The fourth-order valence-electron chi connectivity index (χ4n) is 2.21. The van der Waals surface area contributed by atoms with Gasteiger partial charge in [-0.3, -0.25) is 4.79 Å². The van der Waals surface area contributed by atoms with E-state index >= 15 is 0 Å². The van der Waals surface area contributed by atoms with Crippen molar-refractivity contribution in [3.8, 4) is 0 Å². The van der Waals surface area contributed by atoms with Crippen LogP contribution in [0.15, 0.2) is 16.9 Å². The molecule has 1 fully saturated rings. The fraction of sp³-hybridized carbons (Fsp3) is 0.667. The molecule has 2 heterocycles. The van der Waals surface area contributed by atoms with Crippen molar-refractivity contribution in [2.75, 3.05) is 18.4 Å². The van der Waals surface area contributed by atoms with Crippen molar-refractivity contribution < 1.29 is 9.32 Å². The third-order valence-corrected chi connectivity index (χ3v) is 3.58. The molecule has 0 bridgehead atoms. The lowest BCUT2D eigenvalue weighted by atomic mass is 9.74. The van der Waals surface area contributed by atoms with E-state index in [1.807, 2.05) is 13.8 Å². The zero-order chi connectivity index (χ0) is 12.3. The maximum absolute atomic E-state index is 12.2. The van der Waals surface area contributed by atoms with Crippen molar-refractivity contribution in [1.82, 2.24) is 10.5 Å². The molecule has 1 aromatic heterocycles. The van der Waals surface area contributed by atoms with Crippen molar-refractivity contribution in [3.05, 3.63) is 12.3 Å². The highest BCUT2D eigenvalue weighted by molar-refractivity contribution is 5.94. The van der Waals surface area contributed by atoms with Crippen LogP contribution < -0.4 is 10.6 Å². The van der Waals surface area contributed by atoms with E-state index in [4.69, 9.17) is 4.52 Å². The molecule has 0 radical (unpaired) electrons. The summed E-state index contributed by atoms with van der Waals surface area (Å²) in [6.45, 7) is 5.93. The standard InChI is InChI=1S/C12H19N3O2/c1-12(2,9-4-3-6-13-8-9)11(16)14-10-5-7-17-15-10/h5,7,9,13H,3-4,6,8H2,1-2H3,(H,14,15,16). The number of carbonyl (C=O) groups is 1. The van der Waals surface area contributed by atoms with Crippen LogP contribution in [0.2, 0.25) is 0 Å². The van der Waals surface area contributed by atoms with E-state index in [9.17, 15) is 4.79 Å². The lowest BCUT2D eigenvalue weighted by Gasteiger charge is -2.35. The van der Waals surface area contributed by atoms with Gasteiger partial charge in [-0.2, -0.15) is 0 Å². The second-order valence-corrected chi connectivity index (χ2v) is 5.10. The summed E-state index contributed by atoms with van der Waals surface area (Å²) in [5, 5.41) is 9.82. The number of anilines is 1. The first-order valence-corrected chi connectivity index (χ1v) is 6.03. The quantitative estimate of drug-likeness (QED) is 0.838. The predicted octanol–water partition coefficient (Wildman–Crippen LogP) is 1.64. The maximum Gasteiger partial charge on any atom is 0.231 e. The molecule has 0 aliphatic carbocycles. The average molecular weight is 237 g/mol. The third kappa shape index (κ3) is 2.66. The Bertz CT molecular complexity index is 367. The first-order valence-electron chi connectivity index (χ1n) is 6.03. The molecule has 5 nitrogen and oxygen atoms in total. The van der Waals surface area contributed by atoms with Gasteiger partial charge in [-0.25, -0.2) is 0 Å². The number of hydrogen-bond acceptors (Lipinski definition) is 4. The van der Waals surface area contributed by atoms with Crippen molar-refractivity contribution >= 4 is 11.7 Å². The first kappa shape index (κ1) is 12.1. The minimum Gasteiger partial charge on any atom is -0.363 e. The number of aromatic nitrogens is 1. The van der Waals surface area contributed by atoms with Gasteiger partial charge >= 0.3 is 0 Å². The topological polar surface area (TPSA) is 67.2 Å². The molecule has 1 aromatic rings. The van der Waals surface area contributed by atoms with E-state index in [0.717, 1.165) is 25.9 Å². The summed E-state index contributed by atoms with van der Waals surface area (Å²) in [5.41, 5.74) is -0.396. The first-order chi connectivity index (χ1) is 8.10. The number of carbonyl (C=O) groups excluding carboxylic acids is 1. The second kappa shape index (κ2) is 4.87. The van der Waals surface area contributed by atoms with Crippen LogP contribution in [0, 0.1) is 11.3 Å². The Kier molecular flexibility index (Phi) is 3.47. The van der Waals surface area contributed by atoms with Gasteiger partial charge in [0.05, 0.1) is 0 Å². The van der Waals surface area contributed by atoms with Crippen molar-refractivity contribution in [2.24, 2.45) is 11.3 Å². The van der Waals surface area contributed by atoms with Crippen LogP contribution in [0.1, 0.15) is 26.7 Å². The minimum absolute atomic E-state index is 0.0000926. The van der Waals surface area contributed by atoms with Gasteiger partial charge in [0.25, 0.3) is 0 Å². The monoisotopic (exact) mass is 237 g/mol. The van der Waals surface area contributed by atoms with Gasteiger partial charge in [0.15, 0.2) is 5.82 Å². The van der Waals surface area contributed by atoms with E-state index in [0.29, 0.717) is 11.7 Å². The normalized spacial score (nSPS) is 21.2. The van der Waals surface area contributed by atoms with Crippen LogP contribution in [0.3, 0.4) is 0 Å². The molecule has 1 saturated heterocycles. The Morgan fingerprint density at radius 2 is 2.47 bits per heavy atom. The summed E-state index contributed by atoms with van der Waals surface area (Å²) >= 11 is 0. The molecule has 2 N–H and O–H groups in total. The largest absolute Gasteiger partial charge is 0.363 e. The smallest absolute Gasteiger partial charge is 0.231 e. The predicted molar refractivity (Wildman–Crippen MR) is 64.5 cm³/mol. The fourth-order valence-corrected chi connectivity index (χ4v) is 2.21. The van der Waals surface area contributed by atoms with Crippen LogP contribution in [-0.2, 0) is 4.79 Å². The van der Waals surface area contributed by atoms with E-state index in [1.165, 1.54) is 6.26 Å². The number of nitrogens with one attached hydrogen (secondary N) is 2. The Balaban J connectivity index is 2.00. The molecule has 0 saturated carbocycles. The van der Waals surface area contributed by atoms with E-state index < -0.39 is 5.41 Å². The Hall–Kier alpha value is -1.36. The summed E-state index contributed by atoms with van der Waals surface area (Å²) in [7, 11) is 0. The molecule has 1 aliphatic heterocycles. The molecule has 1 amide bonds. The molecular weight excluding hydrogens is 218 g/mol. The van der Waals surface area contributed by atoms with Crippen molar-refractivity contribution in [1.29, 1.82) is 0 Å². The van der Waals surface area contributed by atoms with Gasteiger partial charge in [0.2, 0.25) is 5.91 Å². The summed E-state index contributed by atoms with van der Waals surface area (Å²) in [5.74, 6) is 0.843. The second-order valence-electron chi connectivity index (χ2n) is 5.10. The summed E-state index contributed by atoms with van der Waals surface area (Å²) in [6.07, 6.45) is 3.67. The van der Waals surface area contributed by atoms with E-state index in [2.05, 4.69) is 15.8 Å². The molecule has 17 heavy (non-hydrogen) atoms. The van der Waals surface area contributed by atoms with E-state index in [-0.39, 0.29) is 5.91 Å². The number of hydrogen-bond donors (Lipinski definition) is 2. The molecule has 1 aliphatic rings. The van der Waals surface area contributed by atoms with Crippen LogP contribution in [0.5, 0.6) is 0 Å². The maximum atomic E-state index is 12.2. The molecule has 0 aromatic carbocycles. The Morgan fingerprint density at radius 1 is 1.65 bits per heavy atom. The average Bonchev–Trinajstić information content (AvgIpc) is 2.83. The Labute approximate surface area is 101 Å². The highest BCUT2D eigenvalue weighted by Gasteiger charge is 2.37. The summed E-state index contributed by atoms with van der Waals surface area (Å²) < 4.78 is 4.70. The number of nitrogens with zero attached hydrogens (tertiary/aromatic N) is 1. The van der Waals surface area contributed by atoms with Gasteiger partial charge in [0.1, 0.15) is 6.26 Å². The highest BCUT2D eigenvalue weighted by atomic mass is 16.5. The van der Waals surface area contributed by atoms with Crippen LogP contribution in [0.25, 0.3) is 0 Å². The third-order valence-electron chi connectivity index (χ3n) is 3.58. The highest BCUT2D eigenvalue weighted by Crippen LogP contribution is 2.32. The lowest BCUT2D eigenvalue weighted by molar-refractivity contribution is -0.127. The molecule has 1 atom stereocenters. The van der Waals surface area contributed by atoms with Crippen molar-refractivity contribution in [3.63, 3.8) is 0 Å². The molecule has 5 heteroatoms. The zero-order valence-corrected chi connectivity index (χ0v) is 10.3. The van der Waals surface area contributed by atoms with Gasteiger partial charge in [-0.15, -0.1) is 0 Å². The van der Waals surface area contributed by atoms with E-state index in [1.54, 1.807) is 6.07 Å². The van der Waals surface area contributed by atoms with Crippen LogP contribution in [-0.4, -0.2) is 24.2 Å². The molecular formula is C12H19N3O2. The van der Waals surface area contributed by atoms with Crippen LogP contribution in [0.4, 0.5) is 5.82 Å². The van der Waals surface area contributed by atoms with Gasteiger partial charge in [0, 0.05) is 11.5 Å². The molecule has 0 spiro atoms. The van der Waals surface area contributed by atoms with Crippen LogP contribution >= 0.6 is 0 Å². The SMILES string of the molecule is CC(C)(C(=O)Nc1ccon1)C1CCCNC1. The van der Waals surface area contributed by atoms with Gasteiger partial charge < -0.3 is 15.2 Å². The Morgan fingerprint density at radius 3 is 3.06 bits per heavy atom. The molecule has 94 valence electrons. The summed E-state index contributed by atoms with van der Waals surface area (Å²) in [6, 6.07) is 1.65. The number of amides is 1. The van der Waals surface area contributed by atoms with Gasteiger partial charge in [-0.05, 0) is 31.8 Å². The van der Waals surface area contributed by atoms with Crippen molar-refractivity contribution in [2.45, 2.75) is 26.7 Å². The lowest BCUT2D eigenvalue weighted by Crippen LogP contribution is -2.44. The van der Waals surface area contributed by atoms with Gasteiger partial charge in [-0.1, -0.05) is 19.0 Å².